The smallest absolute Gasteiger partial charge is 0.218 e. The van der Waals surface area contributed by atoms with Crippen LogP contribution in [0.4, 0.5) is 4.39 Å². The minimum Gasteiger partial charge on any atom is -0.383 e. The van der Waals surface area contributed by atoms with Crippen molar-refractivity contribution in [2.24, 2.45) is 0 Å². The molecule has 0 aliphatic heterocycles. The Morgan fingerprint density at radius 3 is 2.50 bits per heavy atom. The highest BCUT2D eigenvalue weighted by Gasteiger charge is 2.21. The second-order valence-corrected chi connectivity index (χ2v) is 6.15. The van der Waals surface area contributed by atoms with Crippen LogP contribution in [0.5, 0.6) is 0 Å². The fourth-order valence-electron chi connectivity index (χ4n) is 1.64. The SMILES string of the molecule is COCCN(CCC#N)S(=O)(=O)Cc1ccc(F)cc1. The third kappa shape index (κ3) is 5.25. The molecule has 0 saturated heterocycles. The summed E-state index contributed by atoms with van der Waals surface area (Å²) >= 11 is 0. The molecular formula is C13H17FN2O3S. The largest absolute Gasteiger partial charge is 0.383 e. The summed E-state index contributed by atoms with van der Waals surface area (Å²) in [4.78, 5) is 0. The maximum atomic E-state index is 12.8. The van der Waals surface area contributed by atoms with Gasteiger partial charge in [0.05, 0.1) is 18.4 Å². The molecule has 0 amide bonds. The molecular weight excluding hydrogens is 283 g/mol. The molecule has 5 nitrogen and oxygen atoms in total. The Morgan fingerprint density at radius 2 is 1.95 bits per heavy atom. The van der Waals surface area contributed by atoms with Crippen LogP contribution >= 0.6 is 0 Å². The van der Waals surface area contributed by atoms with Gasteiger partial charge in [-0.25, -0.2) is 12.8 Å². The van der Waals surface area contributed by atoms with Gasteiger partial charge in [0.1, 0.15) is 5.82 Å². The monoisotopic (exact) mass is 300 g/mol. The van der Waals surface area contributed by atoms with Crippen molar-refractivity contribution in [2.45, 2.75) is 12.2 Å². The van der Waals surface area contributed by atoms with Gasteiger partial charge in [-0.3, -0.25) is 0 Å². The lowest BCUT2D eigenvalue weighted by molar-refractivity contribution is 0.179. The summed E-state index contributed by atoms with van der Waals surface area (Å²) in [6, 6.07) is 7.24. The van der Waals surface area contributed by atoms with Crippen LogP contribution in [0.25, 0.3) is 0 Å². The van der Waals surface area contributed by atoms with Gasteiger partial charge in [-0.2, -0.15) is 9.57 Å². The van der Waals surface area contributed by atoms with Crippen molar-refractivity contribution in [1.29, 1.82) is 5.26 Å². The zero-order chi connectivity index (χ0) is 15.0. The third-order valence-electron chi connectivity index (χ3n) is 2.67. The van der Waals surface area contributed by atoms with Gasteiger partial charge in [-0.15, -0.1) is 0 Å². The second kappa shape index (κ2) is 7.94. The van der Waals surface area contributed by atoms with Gasteiger partial charge in [0, 0.05) is 26.6 Å². The Bertz CT molecular complexity index is 552. The summed E-state index contributed by atoms with van der Waals surface area (Å²) < 4.78 is 43.4. The molecule has 20 heavy (non-hydrogen) atoms. The average Bonchev–Trinajstić information content (AvgIpc) is 2.41. The number of nitrogens with zero attached hydrogens (tertiary/aromatic N) is 2. The van der Waals surface area contributed by atoms with Crippen molar-refractivity contribution >= 4 is 10.0 Å². The topological polar surface area (TPSA) is 70.4 Å². The zero-order valence-electron chi connectivity index (χ0n) is 11.3. The minimum absolute atomic E-state index is 0.117. The summed E-state index contributed by atoms with van der Waals surface area (Å²) in [6.07, 6.45) is 0.117. The van der Waals surface area contributed by atoms with Crippen LogP contribution in [-0.2, 0) is 20.5 Å². The number of halogens is 1. The van der Waals surface area contributed by atoms with E-state index in [0.717, 1.165) is 0 Å². The number of rotatable bonds is 8. The molecule has 0 unspecified atom stereocenters. The number of ether oxygens (including phenoxy) is 1. The second-order valence-electron chi connectivity index (χ2n) is 4.18. The van der Waals surface area contributed by atoms with Crippen molar-refractivity contribution in [3.8, 4) is 6.07 Å². The maximum Gasteiger partial charge on any atom is 0.218 e. The summed E-state index contributed by atoms with van der Waals surface area (Å²) in [6.45, 7) is 0.583. The number of benzene rings is 1. The Labute approximate surface area is 118 Å². The molecule has 0 fully saturated rings. The lowest BCUT2D eigenvalue weighted by Gasteiger charge is -2.20. The maximum absolute atomic E-state index is 12.8. The number of sulfonamides is 1. The van der Waals surface area contributed by atoms with E-state index in [1.165, 1.54) is 35.7 Å². The Hall–Kier alpha value is -1.49. The Kier molecular flexibility index (Phi) is 6.58. The molecule has 0 atom stereocenters. The first-order chi connectivity index (χ1) is 9.49. The van der Waals surface area contributed by atoms with Gasteiger partial charge in [0.25, 0.3) is 0 Å². The number of hydrogen-bond acceptors (Lipinski definition) is 4. The Balaban J connectivity index is 2.80. The lowest BCUT2D eigenvalue weighted by atomic mass is 10.2. The van der Waals surface area contributed by atoms with Crippen molar-refractivity contribution in [2.75, 3.05) is 26.8 Å². The number of methoxy groups -OCH3 is 1. The minimum atomic E-state index is -3.55. The lowest BCUT2D eigenvalue weighted by Crippen LogP contribution is -2.35. The van der Waals surface area contributed by atoms with E-state index < -0.39 is 15.8 Å². The van der Waals surface area contributed by atoms with Crippen LogP contribution in [0, 0.1) is 17.1 Å². The first-order valence-corrected chi connectivity index (χ1v) is 7.68. The summed E-state index contributed by atoms with van der Waals surface area (Å²) in [5, 5.41) is 8.58. The van der Waals surface area contributed by atoms with Gasteiger partial charge in [-0.05, 0) is 17.7 Å². The highest BCUT2D eigenvalue weighted by molar-refractivity contribution is 7.88. The van der Waals surface area contributed by atoms with Crippen LogP contribution in [0.15, 0.2) is 24.3 Å². The standard InChI is InChI=1S/C13H17FN2O3S/c1-19-10-9-16(8-2-7-15)20(17,18)11-12-3-5-13(14)6-4-12/h3-6H,2,8-11H2,1H3. The van der Waals surface area contributed by atoms with Gasteiger partial charge < -0.3 is 4.74 Å². The summed E-state index contributed by atoms with van der Waals surface area (Å²) in [5.41, 5.74) is 0.505. The highest BCUT2D eigenvalue weighted by atomic mass is 32.2. The highest BCUT2D eigenvalue weighted by Crippen LogP contribution is 2.12. The Morgan fingerprint density at radius 1 is 1.30 bits per heavy atom. The van der Waals surface area contributed by atoms with E-state index >= 15 is 0 Å². The molecule has 0 bridgehead atoms. The van der Waals surface area contributed by atoms with E-state index in [4.69, 9.17) is 10.00 Å². The first kappa shape index (κ1) is 16.6. The number of hydrogen-bond donors (Lipinski definition) is 0. The molecule has 0 aliphatic rings. The van der Waals surface area contributed by atoms with Gasteiger partial charge in [0.15, 0.2) is 0 Å². The molecule has 110 valence electrons. The van der Waals surface area contributed by atoms with Crippen molar-refractivity contribution < 1.29 is 17.5 Å². The predicted octanol–water partition coefficient (Wildman–Crippen LogP) is 1.52. The molecule has 0 radical (unpaired) electrons. The molecule has 0 aliphatic carbocycles. The molecule has 0 spiro atoms. The van der Waals surface area contributed by atoms with Crippen LogP contribution in [0.1, 0.15) is 12.0 Å². The van der Waals surface area contributed by atoms with Gasteiger partial charge >= 0.3 is 0 Å². The predicted molar refractivity (Wildman–Crippen MR) is 72.7 cm³/mol. The molecule has 1 aromatic carbocycles. The third-order valence-corrected chi connectivity index (χ3v) is 4.52. The molecule has 0 N–H and O–H groups in total. The van der Waals surface area contributed by atoms with E-state index in [-0.39, 0.29) is 31.9 Å². The summed E-state index contributed by atoms with van der Waals surface area (Å²) in [5.74, 6) is -0.630. The van der Waals surface area contributed by atoms with E-state index in [1.807, 2.05) is 6.07 Å². The normalized spacial score (nSPS) is 11.5. The fourth-order valence-corrected chi connectivity index (χ4v) is 3.16. The molecule has 0 saturated carbocycles. The molecule has 1 aromatic rings. The molecule has 0 heterocycles. The van der Waals surface area contributed by atoms with Crippen LogP contribution in [0.3, 0.4) is 0 Å². The van der Waals surface area contributed by atoms with Crippen LogP contribution in [0.2, 0.25) is 0 Å². The van der Waals surface area contributed by atoms with Crippen LogP contribution < -0.4 is 0 Å². The van der Waals surface area contributed by atoms with Gasteiger partial charge in [0.2, 0.25) is 10.0 Å². The van der Waals surface area contributed by atoms with Crippen LogP contribution in [-0.4, -0.2) is 39.5 Å². The van der Waals surface area contributed by atoms with Gasteiger partial charge in [-0.1, -0.05) is 12.1 Å². The first-order valence-electron chi connectivity index (χ1n) is 6.08. The number of nitriles is 1. The molecule has 7 heteroatoms. The van der Waals surface area contributed by atoms with E-state index in [1.54, 1.807) is 0 Å². The van der Waals surface area contributed by atoms with Crippen molar-refractivity contribution in [1.82, 2.24) is 4.31 Å². The fraction of sp³-hybridized carbons (Fsp3) is 0.462. The van der Waals surface area contributed by atoms with E-state index in [2.05, 4.69) is 0 Å². The van der Waals surface area contributed by atoms with Crippen molar-refractivity contribution in [3.63, 3.8) is 0 Å². The molecule has 1 rings (SSSR count). The zero-order valence-corrected chi connectivity index (χ0v) is 12.1. The molecule has 0 aromatic heterocycles. The summed E-state index contributed by atoms with van der Waals surface area (Å²) in [7, 11) is -2.07. The quantitative estimate of drug-likeness (QED) is 0.730. The van der Waals surface area contributed by atoms with Crippen molar-refractivity contribution in [3.05, 3.63) is 35.6 Å². The average molecular weight is 300 g/mol. The van der Waals surface area contributed by atoms with E-state index in [9.17, 15) is 12.8 Å². The van der Waals surface area contributed by atoms with E-state index in [0.29, 0.717) is 5.56 Å².